The topological polar surface area (TPSA) is 99.3 Å². The van der Waals surface area contributed by atoms with Crippen molar-refractivity contribution in [1.29, 1.82) is 5.26 Å². The van der Waals surface area contributed by atoms with Gasteiger partial charge in [0.25, 0.3) is 0 Å². The third-order valence-electron chi connectivity index (χ3n) is 5.22. The van der Waals surface area contributed by atoms with Crippen LogP contribution in [-0.2, 0) is 21.4 Å². The second-order valence-electron chi connectivity index (χ2n) is 8.04. The quantitative estimate of drug-likeness (QED) is 0.598. The molecule has 0 aliphatic carbocycles. The molecule has 10 heteroatoms. The number of halogens is 1. The fourth-order valence-corrected chi connectivity index (χ4v) is 5.43. The smallest absolute Gasteiger partial charge is 0.246 e. The standard InChI is InChI=1S/C22H26ClN5O3S/c1-16(2)15-28-22(23)19(17(3)25-28)8-9-21(29)26-10-12-27(13-11-26)32(30,31)20-7-5-4-6-18(20)14-24/h4-9,16H,10-13,15H2,1-3H3/b9-8+. The van der Waals surface area contributed by atoms with Crippen LogP contribution in [0.1, 0.15) is 30.7 Å². The maximum atomic E-state index is 12.9. The molecule has 170 valence electrons. The van der Waals surface area contributed by atoms with Crippen LogP contribution in [0.25, 0.3) is 6.08 Å². The number of hydrogen-bond donors (Lipinski definition) is 0. The van der Waals surface area contributed by atoms with Crippen LogP contribution >= 0.6 is 11.6 Å². The van der Waals surface area contributed by atoms with Crippen LogP contribution in [0.3, 0.4) is 0 Å². The van der Waals surface area contributed by atoms with E-state index in [9.17, 15) is 18.5 Å². The summed E-state index contributed by atoms with van der Waals surface area (Å²) in [7, 11) is -3.80. The van der Waals surface area contributed by atoms with E-state index in [4.69, 9.17) is 11.6 Å². The average Bonchev–Trinajstić information content (AvgIpc) is 3.03. The van der Waals surface area contributed by atoms with E-state index in [1.807, 2.05) is 13.0 Å². The third-order valence-corrected chi connectivity index (χ3v) is 7.57. The van der Waals surface area contributed by atoms with E-state index in [0.29, 0.717) is 23.2 Å². The van der Waals surface area contributed by atoms with Gasteiger partial charge < -0.3 is 4.90 Å². The molecule has 0 spiro atoms. The number of carbonyl (C=O) groups excluding carboxylic acids is 1. The van der Waals surface area contributed by atoms with Crippen molar-refractivity contribution in [2.24, 2.45) is 5.92 Å². The second-order valence-corrected chi connectivity index (χ2v) is 10.3. The molecule has 1 fully saturated rings. The number of aromatic nitrogens is 2. The SMILES string of the molecule is Cc1nn(CC(C)C)c(Cl)c1/C=C/C(=O)N1CCN(S(=O)(=O)c2ccccc2C#N)CC1. The van der Waals surface area contributed by atoms with E-state index >= 15 is 0 Å². The predicted molar refractivity (Wildman–Crippen MR) is 122 cm³/mol. The Hall–Kier alpha value is -2.67. The molecular formula is C22H26ClN5O3S. The lowest BCUT2D eigenvalue weighted by molar-refractivity contribution is -0.127. The molecule has 0 bridgehead atoms. The van der Waals surface area contributed by atoms with E-state index in [-0.39, 0.29) is 42.5 Å². The van der Waals surface area contributed by atoms with Gasteiger partial charge in [0.15, 0.2) is 0 Å². The van der Waals surface area contributed by atoms with Crippen LogP contribution < -0.4 is 0 Å². The molecule has 1 aromatic heterocycles. The third kappa shape index (κ3) is 5.04. The first-order chi connectivity index (χ1) is 15.1. The number of benzene rings is 1. The zero-order valence-corrected chi connectivity index (χ0v) is 19.9. The predicted octanol–water partition coefficient (Wildman–Crippen LogP) is 2.92. The maximum absolute atomic E-state index is 12.9. The zero-order chi connectivity index (χ0) is 23.5. The first-order valence-electron chi connectivity index (χ1n) is 10.3. The fourth-order valence-electron chi connectivity index (χ4n) is 3.56. The minimum absolute atomic E-state index is 0.00861. The van der Waals surface area contributed by atoms with Crippen LogP contribution in [0.4, 0.5) is 0 Å². The average molecular weight is 476 g/mol. The first-order valence-corrected chi connectivity index (χ1v) is 12.2. The van der Waals surface area contributed by atoms with Crippen molar-refractivity contribution >= 4 is 33.6 Å². The Morgan fingerprint density at radius 1 is 1.25 bits per heavy atom. The Morgan fingerprint density at radius 2 is 1.91 bits per heavy atom. The molecule has 1 aromatic carbocycles. The number of amides is 1. The van der Waals surface area contributed by atoms with Crippen molar-refractivity contribution in [2.75, 3.05) is 26.2 Å². The number of sulfonamides is 1. The summed E-state index contributed by atoms with van der Waals surface area (Å²) in [4.78, 5) is 14.3. The van der Waals surface area contributed by atoms with Gasteiger partial charge >= 0.3 is 0 Å². The van der Waals surface area contributed by atoms with Gasteiger partial charge in [0.05, 0.1) is 16.2 Å². The molecule has 0 unspecified atom stereocenters. The zero-order valence-electron chi connectivity index (χ0n) is 18.3. The minimum Gasteiger partial charge on any atom is -0.337 e. The van der Waals surface area contributed by atoms with E-state index < -0.39 is 10.0 Å². The highest BCUT2D eigenvalue weighted by molar-refractivity contribution is 7.89. The molecule has 32 heavy (non-hydrogen) atoms. The van der Waals surface area contributed by atoms with E-state index in [0.717, 1.165) is 5.69 Å². The molecule has 1 saturated heterocycles. The Balaban J connectivity index is 1.66. The summed E-state index contributed by atoms with van der Waals surface area (Å²) >= 11 is 6.42. The van der Waals surface area contributed by atoms with Crippen molar-refractivity contribution in [3.8, 4) is 6.07 Å². The molecular weight excluding hydrogens is 450 g/mol. The lowest BCUT2D eigenvalue weighted by Gasteiger charge is -2.33. The summed E-state index contributed by atoms with van der Waals surface area (Å²) in [6.07, 6.45) is 3.11. The molecule has 8 nitrogen and oxygen atoms in total. The van der Waals surface area contributed by atoms with Crippen LogP contribution in [0.5, 0.6) is 0 Å². The van der Waals surface area contributed by atoms with Gasteiger partial charge in [-0.2, -0.15) is 14.7 Å². The molecule has 1 aliphatic rings. The summed E-state index contributed by atoms with van der Waals surface area (Å²) in [5, 5.41) is 14.1. The number of hydrogen-bond acceptors (Lipinski definition) is 5. The van der Waals surface area contributed by atoms with Gasteiger partial charge in [0, 0.05) is 44.4 Å². The van der Waals surface area contributed by atoms with Gasteiger partial charge in [-0.05, 0) is 31.1 Å². The van der Waals surface area contributed by atoms with Crippen molar-refractivity contribution in [2.45, 2.75) is 32.2 Å². The summed E-state index contributed by atoms with van der Waals surface area (Å²) in [6.45, 7) is 7.52. The van der Waals surface area contributed by atoms with Crippen molar-refractivity contribution in [3.05, 3.63) is 52.3 Å². The number of carbonyl (C=O) groups is 1. The normalized spacial score (nSPS) is 15.4. The Labute approximate surface area is 193 Å². The Bertz CT molecular complexity index is 1170. The highest BCUT2D eigenvalue weighted by Gasteiger charge is 2.31. The lowest BCUT2D eigenvalue weighted by atomic mass is 10.2. The second kappa shape index (κ2) is 9.86. The number of nitrogens with zero attached hydrogens (tertiary/aromatic N) is 5. The molecule has 0 saturated carbocycles. The van der Waals surface area contributed by atoms with Gasteiger partial charge in [-0.1, -0.05) is 37.6 Å². The van der Waals surface area contributed by atoms with Gasteiger partial charge in [-0.15, -0.1) is 0 Å². The molecule has 0 atom stereocenters. The molecule has 0 N–H and O–H groups in total. The lowest BCUT2D eigenvalue weighted by Crippen LogP contribution is -2.50. The first kappa shape index (κ1) is 24.0. The number of piperazine rings is 1. The molecule has 1 amide bonds. The highest BCUT2D eigenvalue weighted by Crippen LogP contribution is 2.23. The molecule has 2 aromatic rings. The van der Waals surface area contributed by atoms with Crippen LogP contribution in [-0.4, -0.2) is 59.5 Å². The maximum Gasteiger partial charge on any atom is 0.246 e. The summed E-state index contributed by atoms with van der Waals surface area (Å²) in [6, 6.07) is 8.05. The van der Waals surface area contributed by atoms with Gasteiger partial charge in [-0.3, -0.25) is 9.48 Å². The Kier molecular flexibility index (Phi) is 7.39. The highest BCUT2D eigenvalue weighted by atomic mass is 35.5. The van der Waals surface area contributed by atoms with Crippen LogP contribution in [0, 0.1) is 24.2 Å². The minimum atomic E-state index is -3.80. The van der Waals surface area contributed by atoms with Gasteiger partial charge in [0.1, 0.15) is 11.2 Å². The van der Waals surface area contributed by atoms with Crippen molar-refractivity contribution in [1.82, 2.24) is 19.0 Å². The largest absolute Gasteiger partial charge is 0.337 e. The Morgan fingerprint density at radius 3 is 2.53 bits per heavy atom. The van der Waals surface area contributed by atoms with E-state index in [2.05, 4.69) is 18.9 Å². The van der Waals surface area contributed by atoms with Crippen molar-refractivity contribution < 1.29 is 13.2 Å². The summed E-state index contributed by atoms with van der Waals surface area (Å²) in [5.74, 6) is 0.171. The summed E-state index contributed by atoms with van der Waals surface area (Å²) < 4.78 is 28.9. The van der Waals surface area contributed by atoms with E-state index in [1.54, 1.807) is 27.8 Å². The van der Waals surface area contributed by atoms with Crippen LogP contribution in [0.2, 0.25) is 5.15 Å². The van der Waals surface area contributed by atoms with Gasteiger partial charge in [-0.25, -0.2) is 8.42 Å². The number of nitriles is 1. The van der Waals surface area contributed by atoms with E-state index in [1.165, 1.54) is 22.5 Å². The van der Waals surface area contributed by atoms with Gasteiger partial charge in [0.2, 0.25) is 15.9 Å². The molecule has 3 rings (SSSR count). The fraction of sp³-hybridized carbons (Fsp3) is 0.409. The number of rotatable bonds is 6. The molecule has 1 aliphatic heterocycles. The van der Waals surface area contributed by atoms with Crippen molar-refractivity contribution in [3.63, 3.8) is 0 Å². The summed E-state index contributed by atoms with van der Waals surface area (Å²) in [5.41, 5.74) is 1.56. The monoisotopic (exact) mass is 475 g/mol. The molecule has 2 heterocycles. The molecule has 0 radical (unpaired) electrons. The number of aryl methyl sites for hydroxylation is 1. The van der Waals surface area contributed by atoms with Crippen LogP contribution in [0.15, 0.2) is 35.2 Å².